The van der Waals surface area contributed by atoms with Crippen LogP contribution in [0, 0.1) is 6.92 Å². The van der Waals surface area contributed by atoms with E-state index in [-0.39, 0.29) is 5.91 Å². The van der Waals surface area contributed by atoms with Gasteiger partial charge in [-0.15, -0.1) is 11.8 Å². The SMILES string of the molecule is Cc1nsnc1CSCC(=O)NC1CC1. The molecule has 0 saturated heterocycles. The highest BCUT2D eigenvalue weighted by molar-refractivity contribution is 7.99. The van der Waals surface area contributed by atoms with Crippen LogP contribution in [0.25, 0.3) is 0 Å². The molecule has 82 valence electrons. The summed E-state index contributed by atoms with van der Waals surface area (Å²) in [5, 5.41) is 2.96. The first-order chi connectivity index (χ1) is 7.25. The number of carbonyl (C=O) groups excluding carboxylic acids is 1. The van der Waals surface area contributed by atoms with Gasteiger partial charge in [0.05, 0.1) is 28.9 Å². The first-order valence-electron chi connectivity index (χ1n) is 4.91. The number of thioether (sulfide) groups is 1. The Balaban J connectivity index is 1.65. The normalized spacial score (nSPS) is 15.3. The number of nitrogens with one attached hydrogen (secondary N) is 1. The topological polar surface area (TPSA) is 54.9 Å². The largest absolute Gasteiger partial charge is 0.353 e. The van der Waals surface area contributed by atoms with Gasteiger partial charge in [-0.1, -0.05) is 0 Å². The van der Waals surface area contributed by atoms with Crippen LogP contribution in [0.15, 0.2) is 0 Å². The first-order valence-corrected chi connectivity index (χ1v) is 6.79. The number of aromatic nitrogens is 2. The molecule has 0 unspecified atom stereocenters. The van der Waals surface area contributed by atoms with Gasteiger partial charge >= 0.3 is 0 Å². The fourth-order valence-corrected chi connectivity index (χ4v) is 2.60. The van der Waals surface area contributed by atoms with Crippen LogP contribution in [0.5, 0.6) is 0 Å². The van der Waals surface area contributed by atoms with Crippen LogP contribution in [0.1, 0.15) is 24.2 Å². The molecule has 6 heteroatoms. The third kappa shape index (κ3) is 3.46. The summed E-state index contributed by atoms with van der Waals surface area (Å²) in [7, 11) is 0. The number of rotatable bonds is 5. The monoisotopic (exact) mass is 243 g/mol. The fourth-order valence-electron chi connectivity index (χ4n) is 1.12. The predicted molar refractivity (Wildman–Crippen MR) is 62.0 cm³/mol. The summed E-state index contributed by atoms with van der Waals surface area (Å²) in [5.74, 6) is 1.44. The zero-order valence-electron chi connectivity index (χ0n) is 8.52. The summed E-state index contributed by atoms with van der Waals surface area (Å²) in [5.41, 5.74) is 1.99. The van der Waals surface area contributed by atoms with Gasteiger partial charge in [-0.2, -0.15) is 8.75 Å². The van der Waals surface area contributed by atoms with Crippen LogP contribution in [0.4, 0.5) is 0 Å². The molecule has 1 heterocycles. The molecule has 1 aliphatic rings. The Bertz CT molecular complexity index is 349. The van der Waals surface area contributed by atoms with Crippen LogP contribution >= 0.6 is 23.5 Å². The third-order valence-corrected chi connectivity index (χ3v) is 3.76. The number of carbonyl (C=O) groups is 1. The Morgan fingerprint density at radius 2 is 2.40 bits per heavy atom. The molecule has 0 bridgehead atoms. The molecular weight excluding hydrogens is 230 g/mol. The van der Waals surface area contributed by atoms with Crippen LogP contribution in [-0.4, -0.2) is 26.4 Å². The molecule has 0 aromatic carbocycles. The van der Waals surface area contributed by atoms with Gasteiger partial charge in [-0.25, -0.2) is 0 Å². The highest BCUT2D eigenvalue weighted by Crippen LogP contribution is 2.19. The van der Waals surface area contributed by atoms with E-state index in [2.05, 4.69) is 14.1 Å². The van der Waals surface area contributed by atoms with E-state index in [0.29, 0.717) is 11.8 Å². The lowest BCUT2D eigenvalue weighted by molar-refractivity contribution is -0.118. The number of nitrogens with zero attached hydrogens (tertiary/aromatic N) is 2. The van der Waals surface area contributed by atoms with Crippen LogP contribution in [-0.2, 0) is 10.5 Å². The van der Waals surface area contributed by atoms with Crippen molar-refractivity contribution >= 4 is 29.4 Å². The molecule has 1 fully saturated rings. The standard InChI is InChI=1S/C9H13N3OS2/c1-6-8(12-15-11-6)4-14-5-9(13)10-7-2-3-7/h7H,2-5H2,1H3,(H,10,13). The predicted octanol–water partition coefficient (Wildman–Crippen LogP) is 1.36. The van der Waals surface area contributed by atoms with Gasteiger partial charge < -0.3 is 5.32 Å². The molecular formula is C9H13N3OS2. The molecule has 4 nitrogen and oxygen atoms in total. The molecule has 0 spiro atoms. The molecule has 1 amide bonds. The minimum absolute atomic E-state index is 0.142. The molecule has 0 atom stereocenters. The van der Waals surface area contributed by atoms with Crippen molar-refractivity contribution in [3.05, 3.63) is 11.4 Å². The van der Waals surface area contributed by atoms with Crippen molar-refractivity contribution in [1.82, 2.24) is 14.1 Å². The van der Waals surface area contributed by atoms with E-state index < -0.39 is 0 Å². The average molecular weight is 243 g/mol. The molecule has 1 N–H and O–H groups in total. The lowest BCUT2D eigenvalue weighted by Crippen LogP contribution is -2.27. The highest BCUT2D eigenvalue weighted by atomic mass is 32.2. The second-order valence-electron chi connectivity index (χ2n) is 3.63. The summed E-state index contributed by atoms with van der Waals surface area (Å²) < 4.78 is 8.25. The second-order valence-corrected chi connectivity index (χ2v) is 5.14. The number of hydrogen-bond donors (Lipinski definition) is 1. The Labute approximate surface area is 97.2 Å². The molecule has 0 aliphatic heterocycles. The summed E-state index contributed by atoms with van der Waals surface area (Å²) >= 11 is 2.83. The van der Waals surface area contributed by atoms with Crippen molar-refractivity contribution in [2.45, 2.75) is 31.6 Å². The summed E-state index contributed by atoms with van der Waals surface area (Å²) in [4.78, 5) is 11.3. The zero-order valence-corrected chi connectivity index (χ0v) is 10.2. The maximum atomic E-state index is 11.3. The van der Waals surface area contributed by atoms with Gasteiger partial charge in [-0.05, 0) is 19.8 Å². The van der Waals surface area contributed by atoms with Gasteiger partial charge in [0, 0.05) is 11.8 Å². The molecule has 0 radical (unpaired) electrons. The molecule has 1 aliphatic carbocycles. The van der Waals surface area contributed by atoms with Gasteiger partial charge in [0.1, 0.15) is 0 Å². The maximum Gasteiger partial charge on any atom is 0.230 e. The van der Waals surface area contributed by atoms with E-state index in [1.807, 2.05) is 6.92 Å². The van der Waals surface area contributed by atoms with Crippen LogP contribution < -0.4 is 5.32 Å². The number of aryl methyl sites for hydroxylation is 1. The number of hydrogen-bond acceptors (Lipinski definition) is 5. The highest BCUT2D eigenvalue weighted by Gasteiger charge is 2.22. The van der Waals surface area contributed by atoms with Gasteiger partial charge in [0.25, 0.3) is 0 Å². The Kier molecular flexibility index (Phi) is 3.58. The Morgan fingerprint density at radius 1 is 1.60 bits per heavy atom. The van der Waals surface area contributed by atoms with Crippen LogP contribution in [0.2, 0.25) is 0 Å². The van der Waals surface area contributed by atoms with Crippen molar-refractivity contribution in [2.24, 2.45) is 0 Å². The van der Waals surface area contributed by atoms with E-state index in [9.17, 15) is 4.79 Å². The van der Waals surface area contributed by atoms with Gasteiger partial charge in [0.15, 0.2) is 0 Å². The summed E-state index contributed by atoms with van der Waals surface area (Å²) in [6, 6.07) is 0.459. The molecule has 2 rings (SSSR count). The van der Waals surface area contributed by atoms with E-state index in [4.69, 9.17) is 0 Å². The van der Waals surface area contributed by atoms with Crippen molar-refractivity contribution in [2.75, 3.05) is 5.75 Å². The van der Waals surface area contributed by atoms with Gasteiger partial charge in [0.2, 0.25) is 5.91 Å². The lowest BCUT2D eigenvalue weighted by atomic mass is 10.4. The van der Waals surface area contributed by atoms with Crippen molar-refractivity contribution in [1.29, 1.82) is 0 Å². The third-order valence-electron chi connectivity index (χ3n) is 2.16. The second kappa shape index (κ2) is 4.94. The van der Waals surface area contributed by atoms with E-state index >= 15 is 0 Å². The zero-order chi connectivity index (χ0) is 10.7. The summed E-state index contributed by atoms with van der Waals surface area (Å²) in [6.45, 7) is 1.95. The van der Waals surface area contributed by atoms with E-state index in [1.165, 1.54) is 11.7 Å². The van der Waals surface area contributed by atoms with E-state index in [0.717, 1.165) is 30.0 Å². The van der Waals surface area contributed by atoms with E-state index in [1.54, 1.807) is 11.8 Å². The lowest BCUT2D eigenvalue weighted by Gasteiger charge is -2.01. The molecule has 1 saturated carbocycles. The minimum Gasteiger partial charge on any atom is -0.353 e. The summed E-state index contributed by atoms with van der Waals surface area (Å²) in [6.07, 6.45) is 2.29. The molecule has 1 aromatic rings. The van der Waals surface area contributed by atoms with Crippen molar-refractivity contribution in [3.63, 3.8) is 0 Å². The van der Waals surface area contributed by atoms with Crippen molar-refractivity contribution < 1.29 is 4.79 Å². The molecule has 15 heavy (non-hydrogen) atoms. The number of amides is 1. The Morgan fingerprint density at radius 3 is 3.00 bits per heavy atom. The van der Waals surface area contributed by atoms with Crippen molar-refractivity contribution in [3.8, 4) is 0 Å². The quantitative estimate of drug-likeness (QED) is 0.848. The molecule has 1 aromatic heterocycles. The minimum atomic E-state index is 0.142. The van der Waals surface area contributed by atoms with Crippen LogP contribution in [0.3, 0.4) is 0 Å². The maximum absolute atomic E-state index is 11.3. The average Bonchev–Trinajstić information content (AvgIpc) is 2.91. The van der Waals surface area contributed by atoms with Gasteiger partial charge in [-0.3, -0.25) is 4.79 Å². The fraction of sp³-hybridized carbons (Fsp3) is 0.667. The first kappa shape index (κ1) is 10.9. The smallest absolute Gasteiger partial charge is 0.230 e. The Hall–Kier alpha value is -0.620.